The molecule has 0 radical (unpaired) electrons. The number of aromatic nitrogens is 1. The molecule has 8 heteroatoms. The minimum Gasteiger partial charge on any atom is -0.480 e. The van der Waals surface area contributed by atoms with Crippen molar-refractivity contribution in [1.29, 1.82) is 0 Å². The van der Waals surface area contributed by atoms with Crippen LogP contribution in [0, 0.1) is 0 Å². The molecule has 33 heavy (non-hydrogen) atoms. The number of carbonyl (C=O) groups is 1. The Morgan fingerprint density at radius 1 is 1.15 bits per heavy atom. The highest BCUT2D eigenvalue weighted by Crippen LogP contribution is 2.23. The van der Waals surface area contributed by atoms with Gasteiger partial charge in [0.25, 0.3) is 0 Å². The number of hydrogen-bond acceptors (Lipinski definition) is 7. The summed E-state index contributed by atoms with van der Waals surface area (Å²) in [6.45, 7) is 6.25. The van der Waals surface area contributed by atoms with Gasteiger partial charge in [-0.25, -0.2) is 9.36 Å². The van der Waals surface area contributed by atoms with Crippen LogP contribution in [0.1, 0.15) is 51.5 Å². The molecule has 0 saturated carbocycles. The van der Waals surface area contributed by atoms with Crippen LogP contribution in [0.15, 0.2) is 51.9 Å². The number of carbonyl (C=O) groups excluding carboxylic acids is 1. The van der Waals surface area contributed by atoms with E-state index in [0.29, 0.717) is 23.6 Å². The summed E-state index contributed by atoms with van der Waals surface area (Å²) in [7, 11) is 0. The highest BCUT2D eigenvalue weighted by atomic mass is 16.7. The molecule has 0 N–H and O–H groups in total. The highest BCUT2D eigenvalue weighted by molar-refractivity contribution is 5.91. The standard InChI is InChI=1S/C25H29NO7/c1-25(2,3)33-24(28)26-18(12-17-8-4-5-9-20(17)26)14-31-22-16-30-19(13-21(22)27)15-32-23-10-6-7-11-29-23/h4-5,8-9,12-13,16,23H,6-7,10-11,14-15H2,1-3H3. The molecule has 2 aromatic heterocycles. The van der Waals surface area contributed by atoms with Gasteiger partial charge >= 0.3 is 6.09 Å². The number of fused-ring (bicyclic) bond motifs is 1. The molecule has 3 heterocycles. The third-order valence-corrected chi connectivity index (χ3v) is 5.14. The van der Waals surface area contributed by atoms with Crippen LogP contribution in [-0.2, 0) is 27.4 Å². The van der Waals surface area contributed by atoms with Crippen LogP contribution in [0.25, 0.3) is 10.9 Å². The second-order valence-corrected chi connectivity index (χ2v) is 8.98. The molecule has 176 valence electrons. The second-order valence-electron chi connectivity index (χ2n) is 8.98. The van der Waals surface area contributed by atoms with E-state index in [-0.39, 0.29) is 30.7 Å². The largest absolute Gasteiger partial charge is 0.480 e. The Morgan fingerprint density at radius 3 is 2.70 bits per heavy atom. The molecule has 8 nitrogen and oxygen atoms in total. The normalized spacial score (nSPS) is 16.6. The number of para-hydroxylation sites is 1. The van der Waals surface area contributed by atoms with Gasteiger partial charge in [0.2, 0.25) is 11.2 Å². The average molecular weight is 456 g/mol. The first kappa shape index (κ1) is 23.1. The molecule has 3 aromatic rings. The van der Waals surface area contributed by atoms with E-state index in [1.54, 1.807) is 0 Å². The minimum atomic E-state index is -0.651. The Balaban J connectivity index is 1.47. The number of ether oxygens (including phenoxy) is 4. The molecular weight excluding hydrogens is 426 g/mol. The van der Waals surface area contributed by atoms with E-state index in [1.165, 1.54) is 16.9 Å². The maximum atomic E-state index is 12.9. The summed E-state index contributed by atoms with van der Waals surface area (Å²) in [5.41, 5.74) is 0.285. The quantitative estimate of drug-likeness (QED) is 0.517. The van der Waals surface area contributed by atoms with Gasteiger partial charge < -0.3 is 23.4 Å². The fourth-order valence-electron chi connectivity index (χ4n) is 3.63. The highest BCUT2D eigenvalue weighted by Gasteiger charge is 2.22. The fourth-order valence-corrected chi connectivity index (χ4v) is 3.63. The molecule has 0 spiro atoms. The second kappa shape index (κ2) is 9.80. The Kier molecular flexibility index (Phi) is 6.85. The number of nitrogens with zero attached hydrogens (tertiary/aromatic N) is 1. The molecule has 1 unspecified atom stereocenters. The van der Waals surface area contributed by atoms with Crippen LogP contribution >= 0.6 is 0 Å². The zero-order valence-electron chi connectivity index (χ0n) is 19.2. The lowest BCUT2D eigenvalue weighted by Crippen LogP contribution is -2.28. The molecule has 0 aliphatic carbocycles. The van der Waals surface area contributed by atoms with Crippen molar-refractivity contribution in [3.8, 4) is 5.75 Å². The predicted octanol–water partition coefficient (Wildman–Crippen LogP) is 5.00. The lowest BCUT2D eigenvalue weighted by atomic mass is 10.2. The molecule has 4 rings (SSSR count). The number of benzene rings is 1. The zero-order valence-corrected chi connectivity index (χ0v) is 19.2. The van der Waals surface area contributed by atoms with Crippen LogP contribution in [0.5, 0.6) is 5.75 Å². The molecule has 0 amide bonds. The maximum Gasteiger partial charge on any atom is 0.419 e. The minimum absolute atomic E-state index is 0.00948. The molecular formula is C25H29NO7. The average Bonchev–Trinajstić information content (AvgIpc) is 3.15. The Morgan fingerprint density at radius 2 is 1.97 bits per heavy atom. The van der Waals surface area contributed by atoms with Crippen molar-refractivity contribution in [3.63, 3.8) is 0 Å². The van der Waals surface area contributed by atoms with Gasteiger partial charge in [0, 0.05) is 18.1 Å². The lowest BCUT2D eigenvalue weighted by molar-refractivity contribution is -0.171. The van der Waals surface area contributed by atoms with Crippen molar-refractivity contribution in [2.75, 3.05) is 6.61 Å². The van der Waals surface area contributed by atoms with Crippen LogP contribution in [0.3, 0.4) is 0 Å². The molecule has 1 atom stereocenters. The van der Waals surface area contributed by atoms with E-state index in [4.69, 9.17) is 23.4 Å². The molecule has 1 aliphatic heterocycles. The number of hydrogen-bond donors (Lipinski definition) is 0. The number of rotatable bonds is 6. The topological polar surface area (TPSA) is 89.1 Å². The van der Waals surface area contributed by atoms with Crippen molar-refractivity contribution in [2.24, 2.45) is 0 Å². The maximum absolute atomic E-state index is 12.9. The first-order chi connectivity index (χ1) is 15.8. The summed E-state index contributed by atoms with van der Waals surface area (Å²) >= 11 is 0. The van der Waals surface area contributed by atoms with Crippen LogP contribution in [-0.4, -0.2) is 29.2 Å². The Labute approximate surface area is 192 Å². The van der Waals surface area contributed by atoms with Crippen LogP contribution in [0.2, 0.25) is 0 Å². The van der Waals surface area contributed by atoms with Crippen molar-refractivity contribution in [2.45, 2.75) is 65.1 Å². The molecule has 1 fully saturated rings. The monoisotopic (exact) mass is 455 g/mol. The van der Waals surface area contributed by atoms with Crippen molar-refractivity contribution in [3.05, 3.63) is 64.3 Å². The van der Waals surface area contributed by atoms with Gasteiger partial charge in [-0.2, -0.15) is 0 Å². The smallest absolute Gasteiger partial charge is 0.419 e. The van der Waals surface area contributed by atoms with Gasteiger partial charge in [-0.1, -0.05) is 18.2 Å². The van der Waals surface area contributed by atoms with Crippen molar-refractivity contribution >= 4 is 17.0 Å². The van der Waals surface area contributed by atoms with Gasteiger partial charge in [-0.05, 0) is 52.2 Å². The van der Waals surface area contributed by atoms with E-state index >= 15 is 0 Å². The van der Waals surface area contributed by atoms with E-state index in [9.17, 15) is 9.59 Å². The molecule has 1 aliphatic rings. The summed E-state index contributed by atoms with van der Waals surface area (Å²) in [5.74, 6) is 0.443. The predicted molar refractivity (Wildman–Crippen MR) is 121 cm³/mol. The van der Waals surface area contributed by atoms with Crippen molar-refractivity contribution in [1.82, 2.24) is 4.57 Å². The van der Waals surface area contributed by atoms with Crippen LogP contribution < -0.4 is 10.2 Å². The summed E-state index contributed by atoms with van der Waals surface area (Å²) in [6.07, 6.45) is 3.41. The summed E-state index contributed by atoms with van der Waals surface area (Å²) in [4.78, 5) is 25.4. The lowest BCUT2D eigenvalue weighted by Gasteiger charge is -2.22. The van der Waals surface area contributed by atoms with E-state index in [0.717, 1.165) is 24.6 Å². The zero-order chi connectivity index (χ0) is 23.4. The molecule has 1 aromatic carbocycles. The Hall–Kier alpha value is -3.10. The van der Waals surface area contributed by atoms with E-state index < -0.39 is 11.7 Å². The summed E-state index contributed by atoms with van der Waals surface area (Å²) in [5, 5.41) is 0.867. The first-order valence-corrected chi connectivity index (χ1v) is 11.1. The van der Waals surface area contributed by atoms with Crippen molar-refractivity contribution < 1.29 is 28.2 Å². The van der Waals surface area contributed by atoms with Gasteiger partial charge in [0.1, 0.15) is 30.8 Å². The Bertz CT molecular complexity index is 1170. The third kappa shape index (κ3) is 5.83. The fraction of sp³-hybridized carbons (Fsp3) is 0.440. The SMILES string of the molecule is CC(C)(C)OC(=O)n1c(COc2coc(COC3CCCCO3)cc2=O)cc2ccccc21. The van der Waals surface area contributed by atoms with Gasteiger partial charge in [0.05, 0.1) is 11.2 Å². The van der Waals surface area contributed by atoms with Crippen LogP contribution in [0.4, 0.5) is 4.79 Å². The third-order valence-electron chi connectivity index (χ3n) is 5.14. The van der Waals surface area contributed by atoms with E-state index in [2.05, 4.69) is 0 Å². The van der Waals surface area contributed by atoms with Gasteiger partial charge in [-0.15, -0.1) is 0 Å². The van der Waals surface area contributed by atoms with Gasteiger partial charge in [0.15, 0.2) is 6.29 Å². The molecule has 1 saturated heterocycles. The van der Waals surface area contributed by atoms with E-state index in [1.807, 2.05) is 51.1 Å². The first-order valence-electron chi connectivity index (χ1n) is 11.1. The summed E-state index contributed by atoms with van der Waals surface area (Å²) in [6, 6.07) is 10.7. The summed E-state index contributed by atoms with van der Waals surface area (Å²) < 4.78 is 29.4. The van der Waals surface area contributed by atoms with Gasteiger partial charge in [-0.3, -0.25) is 4.79 Å². The molecule has 0 bridgehead atoms.